The summed E-state index contributed by atoms with van der Waals surface area (Å²) in [4.78, 5) is 12.2. The number of aliphatic hydroxyl groups excluding tert-OH is 1. The van der Waals surface area contributed by atoms with Gasteiger partial charge in [-0.2, -0.15) is 0 Å². The van der Waals surface area contributed by atoms with Crippen LogP contribution in [0.1, 0.15) is 52.4 Å². The molecule has 4 N–H and O–H groups in total. The van der Waals surface area contributed by atoms with Crippen LogP contribution in [0, 0.1) is 5.92 Å². The van der Waals surface area contributed by atoms with E-state index in [1.54, 1.807) is 0 Å². The van der Waals surface area contributed by atoms with Gasteiger partial charge >= 0.3 is 0 Å². The van der Waals surface area contributed by atoms with E-state index in [1.807, 2.05) is 13.8 Å². The first-order valence-corrected chi connectivity index (χ1v) is 6.65. The minimum Gasteiger partial charge on any atom is -0.396 e. The minimum atomic E-state index is -0.349. The second-order valence-corrected chi connectivity index (χ2v) is 5.76. The summed E-state index contributed by atoms with van der Waals surface area (Å²) >= 11 is 0. The van der Waals surface area contributed by atoms with Crippen LogP contribution < -0.4 is 11.1 Å². The van der Waals surface area contributed by atoms with Gasteiger partial charge < -0.3 is 16.2 Å². The Bertz CT molecular complexity index is 254. The fourth-order valence-electron chi connectivity index (χ4n) is 2.43. The fourth-order valence-corrected chi connectivity index (χ4v) is 2.43. The van der Waals surface area contributed by atoms with Crippen molar-refractivity contribution in [2.24, 2.45) is 11.7 Å². The Hall–Kier alpha value is -0.610. The van der Waals surface area contributed by atoms with E-state index in [0.29, 0.717) is 6.42 Å². The number of amides is 1. The molecule has 0 saturated heterocycles. The molecule has 2 unspecified atom stereocenters. The van der Waals surface area contributed by atoms with Gasteiger partial charge in [0.15, 0.2) is 0 Å². The quantitative estimate of drug-likeness (QED) is 0.648. The van der Waals surface area contributed by atoms with Crippen molar-refractivity contribution >= 4 is 5.91 Å². The predicted octanol–water partition coefficient (Wildman–Crippen LogP) is 1.17. The molecular formula is C13H26N2O2. The lowest BCUT2D eigenvalue weighted by atomic mass is 9.92. The van der Waals surface area contributed by atoms with E-state index in [1.165, 1.54) is 6.42 Å². The summed E-state index contributed by atoms with van der Waals surface area (Å²) in [5.74, 6) is -0.00619. The smallest absolute Gasteiger partial charge is 0.225 e. The average molecular weight is 242 g/mol. The van der Waals surface area contributed by atoms with Gasteiger partial charge in [-0.3, -0.25) is 4.79 Å². The molecule has 17 heavy (non-hydrogen) atoms. The topological polar surface area (TPSA) is 75.3 Å². The third-order valence-electron chi connectivity index (χ3n) is 3.60. The molecule has 0 aromatic carbocycles. The highest BCUT2D eigenvalue weighted by Gasteiger charge is 2.30. The zero-order valence-corrected chi connectivity index (χ0v) is 11.0. The largest absolute Gasteiger partial charge is 0.396 e. The van der Waals surface area contributed by atoms with Gasteiger partial charge in [-0.15, -0.1) is 0 Å². The zero-order chi connectivity index (χ0) is 12.9. The lowest BCUT2D eigenvalue weighted by Crippen LogP contribution is -2.50. The van der Waals surface area contributed by atoms with Crippen LogP contribution in [-0.2, 0) is 4.79 Å². The first kappa shape index (κ1) is 14.5. The minimum absolute atomic E-state index is 0.0116. The van der Waals surface area contributed by atoms with E-state index >= 15 is 0 Å². The second-order valence-electron chi connectivity index (χ2n) is 5.76. The molecule has 0 aromatic rings. The third kappa shape index (κ3) is 4.64. The summed E-state index contributed by atoms with van der Waals surface area (Å²) in [5, 5.41) is 12.0. The average Bonchev–Trinajstić information content (AvgIpc) is 2.41. The molecule has 0 bridgehead atoms. The maximum absolute atomic E-state index is 12.2. The standard InChI is InChI=1S/C13H26N2O2/c1-13(2,8-9-16)15-12(17)10-6-4-3-5-7-11(10)14/h10-11,16H,3-9,14H2,1-2H3,(H,15,17). The Labute approximate surface area is 104 Å². The maximum atomic E-state index is 12.2. The SMILES string of the molecule is CC(C)(CCO)NC(=O)C1CCCCCC1N. The Morgan fingerprint density at radius 2 is 2.00 bits per heavy atom. The van der Waals surface area contributed by atoms with Crippen molar-refractivity contribution in [3.05, 3.63) is 0 Å². The number of carbonyl (C=O) groups is 1. The highest BCUT2D eigenvalue weighted by atomic mass is 16.3. The van der Waals surface area contributed by atoms with Crippen LogP contribution in [-0.4, -0.2) is 29.2 Å². The van der Waals surface area contributed by atoms with Crippen LogP contribution in [0.15, 0.2) is 0 Å². The monoisotopic (exact) mass is 242 g/mol. The van der Waals surface area contributed by atoms with Gasteiger partial charge in [0.05, 0.1) is 5.92 Å². The second kappa shape index (κ2) is 6.36. The van der Waals surface area contributed by atoms with Gasteiger partial charge in [0.2, 0.25) is 5.91 Å². The van der Waals surface area contributed by atoms with Crippen molar-refractivity contribution < 1.29 is 9.90 Å². The highest BCUT2D eigenvalue weighted by molar-refractivity contribution is 5.80. The zero-order valence-electron chi connectivity index (χ0n) is 11.0. The van der Waals surface area contributed by atoms with E-state index in [4.69, 9.17) is 10.8 Å². The maximum Gasteiger partial charge on any atom is 0.225 e. The molecule has 4 nitrogen and oxygen atoms in total. The number of hydrogen-bond acceptors (Lipinski definition) is 3. The molecule has 0 radical (unpaired) electrons. The summed E-state index contributed by atoms with van der Waals surface area (Å²) in [6.07, 6.45) is 5.80. The molecular weight excluding hydrogens is 216 g/mol. The van der Waals surface area contributed by atoms with Crippen LogP contribution in [0.4, 0.5) is 0 Å². The summed E-state index contributed by atoms with van der Waals surface area (Å²) < 4.78 is 0. The van der Waals surface area contributed by atoms with Crippen molar-refractivity contribution in [3.8, 4) is 0 Å². The van der Waals surface area contributed by atoms with E-state index in [2.05, 4.69) is 5.32 Å². The van der Waals surface area contributed by atoms with E-state index < -0.39 is 0 Å². The summed E-state index contributed by atoms with van der Waals surface area (Å²) in [7, 11) is 0. The van der Waals surface area contributed by atoms with E-state index in [-0.39, 0.29) is 30.0 Å². The molecule has 0 spiro atoms. The highest BCUT2D eigenvalue weighted by Crippen LogP contribution is 2.23. The molecule has 0 aliphatic heterocycles. The van der Waals surface area contributed by atoms with Gasteiger partial charge in [0.1, 0.15) is 0 Å². The summed E-state index contributed by atoms with van der Waals surface area (Å²) in [6, 6.07) is -0.0116. The Morgan fingerprint density at radius 1 is 1.35 bits per heavy atom. The van der Waals surface area contributed by atoms with Gasteiger partial charge in [-0.1, -0.05) is 19.3 Å². The van der Waals surface area contributed by atoms with Crippen molar-refractivity contribution in [2.45, 2.75) is 64.0 Å². The van der Waals surface area contributed by atoms with Crippen molar-refractivity contribution in [2.75, 3.05) is 6.61 Å². The number of carbonyl (C=O) groups excluding carboxylic acids is 1. The number of hydrogen-bond donors (Lipinski definition) is 3. The third-order valence-corrected chi connectivity index (χ3v) is 3.60. The molecule has 1 fully saturated rings. The molecule has 100 valence electrons. The van der Waals surface area contributed by atoms with Crippen LogP contribution in [0.3, 0.4) is 0 Å². The molecule has 0 aromatic heterocycles. The molecule has 1 rings (SSSR count). The lowest BCUT2D eigenvalue weighted by molar-refractivity contribution is -0.127. The van der Waals surface area contributed by atoms with Crippen LogP contribution in [0.5, 0.6) is 0 Å². The molecule has 2 atom stereocenters. The lowest BCUT2D eigenvalue weighted by Gasteiger charge is -2.29. The molecule has 0 heterocycles. The molecule has 4 heteroatoms. The number of nitrogens with one attached hydrogen (secondary N) is 1. The van der Waals surface area contributed by atoms with Gasteiger partial charge in [0.25, 0.3) is 0 Å². The fraction of sp³-hybridized carbons (Fsp3) is 0.923. The van der Waals surface area contributed by atoms with Gasteiger partial charge in [-0.25, -0.2) is 0 Å². The molecule has 1 amide bonds. The summed E-state index contributed by atoms with van der Waals surface area (Å²) in [6.45, 7) is 3.96. The van der Waals surface area contributed by atoms with Crippen molar-refractivity contribution in [1.82, 2.24) is 5.32 Å². The van der Waals surface area contributed by atoms with Gasteiger partial charge in [0, 0.05) is 18.2 Å². The molecule has 1 saturated carbocycles. The molecule has 1 aliphatic rings. The normalized spacial score (nSPS) is 26.4. The van der Waals surface area contributed by atoms with E-state index in [9.17, 15) is 4.79 Å². The Balaban J connectivity index is 2.55. The van der Waals surface area contributed by atoms with Gasteiger partial charge in [-0.05, 0) is 33.1 Å². The number of aliphatic hydroxyl groups is 1. The van der Waals surface area contributed by atoms with E-state index in [0.717, 1.165) is 25.7 Å². The first-order valence-electron chi connectivity index (χ1n) is 6.65. The number of nitrogens with two attached hydrogens (primary N) is 1. The van der Waals surface area contributed by atoms with Crippen LogP contribution in [0.25, 0.3) is 0 Å². The Kier molecular flexibility index (Phi) is 5.40. The molecule has 1 aliphatic carbocycles. The van der Waals surface area contributed by atoms with Crippen molar-refractivity contribution in [3.63, 3.8) is 0 Å². The Morgan fingerprint density at radius 3 is 2.65 bits per heavy atom. The van der Waals surface area contributed by atoms with Crippen LogP contribution in [0.2, 0.25) is 0 Å². The first-order chi connectivity index (χ1) is 7.96. The predicted molar refractivity (Wildman–Crippen MR) is 68.5 cm³/mol. The summed E-state index contributed by atoms with van der Waals surface area (Å²) in [5.41, 5.74) is 5.71. The van der Waals surface area contributed by atoms with Crippen molar-refractivity contribution in [1.29, 1.82) is 0 Å². The number of rotatable bonds is 4. The van der Waals surface area contributed by atoms with Crippen LogP contribution >= 0.6 is 0 Å².